The SMILES string of the molecule is CC(=O)N1CC=C(c2ccnc(-c3nc(C)c(C)[nH]3)c2)C1. The van der Waals surface area contributed by atoms with E-state index < -0.39 is 0 Å². The van der Waals surface area contributed by atoms with Crippen LogP contribution in [0, 0.1) is 13.8 Å². The molecule has 0 bridgehead atoms. The first-order valence-electron chi connectivity index (χ1n) is 6.99. The topological polar surface area (TPSA) is 61.9 Å². The van der Waals surface area contributed by atoms with Crippen molar-refractivity contribution >= 4 is 11.5 Å². The Labute approximate surface area is 123 Å². The van der Waals surface area contributed by atoms with Gasteiger partial charge in [0, 0.05) is 31.9 Å². The molecule has 0 fully saturated rings. The molecule has 0 saturated heterocycles. The van der Waals surface area contributed by atoms with Crippen LogP contribution in [0.1, 0.15) is 23.9 Å². The molecular weight excluding hydrogens is 264 g/mol. The van der Waals surface area contributed by atoms with Crippen molar-refractivity contribution in [1.29, 1.82) is 0 Å². The van der Waals surface area contributed by atoms with Gasteiger partial charge in [0.1, 0.15) is 5.69 Å². The number of aromatic nitrogens is 3. The average Bonchev–Trinajstić information content (AvgIpc) is 3.07. The lowest BCUT2D eigenvalue weighted by atomic mass is 10.1. The highest BCUT2D eigenvalue weighted by molar-refractivity contribution is 5.80. The first-order chi connectivity index (χ1) is 10.0. The van der Waals surface area contributed by atoms with Crippen molar-refractivity contribution in [2.24, 2.45) is 0 Å². The zero-order chi connectivity index (χ0) is 15.0. The van der Waals surface area contributed by atoms with Gasteiger partial charge in [-0.3, -0.25) is 9.78 Å². The van der Waals surface area contributed by atoms with Crippen LogP contribution in [0.15, 0.2) is 24.4 Å². The standard InChI is InChI=1S/C16H18N4O/c1-10-11(2)19-16(18-10)15-8-13(4-6-17-15)14-5-7-20(9-14)12(3)21/h4-6,8H,7,9H2,1-3H3,(H,18,19). The molecule has 5 nitrogen and oxygen atoms in total. The fourth-order valence-electron chi connectivity index (χ4n) is 2.43. The lowest BCUT2D eigenvalue weighted by Gasteiger charge is -2.13. The molecule has 0 saturated carbocycles. The van der Waals surface area contributed by atoms with Gasteiger partial charge in [-0.25, -0.2) is 4.98 Å². The Morgan fingerprint density at radius 1 is 1.38 bits per heavy atom. The first-order valence-corrected chi connectivity index (χ1v) is 6.99. The van der Waals surface area contributed by atoms with Gasteiger partial charge < -0.3 is 9.88 Å². The number of carbonyl (C=O) groups excluding carboxylic acids is 1. The second-order valence-corrected chi connectivity index (χ2v) is 5.35. The van der Waals surface area contributed by atoms with Gasteiger partial charge in [-0.15, -0.1) is 0 Å². The van der Waals surface area contributed by atoms with Crippen molar-refractivity contribution in [1.82, 2.24) is 19.9 Å². The van der Waals surface area contributed by atoms with Crippen LogP contribution in [0.5, 0.6) is 0 Å². The fourth-order valence-corrected chi connectivity index (χ4v) is 2.43. The Morgan fingerprint density at radius 3 is 2.81 bits per heavy atom. The molecule has 3 rings (SSSR count). The summed E-state index contributed by atoms with van der Waals surface area (Å²) in [6, 6.07) is 3.99. The van der Waals surface area contributed by atoms with Crippen LogP contribution >= 0.6 is 0 Å². The second-order valence-electron chi connectivity index (χ2n) is 5.35. The van der Waals surface area contributed by atoms with Crippen LogP contribution in [0.25, 0.3) is 17.1 Å². The Balaban J connectivity index is 1.89. The lowest BCUT2D eigenvalue weighted by molar-refractivity contribution is -0.127. The molecule has 1 N–H and O–H groups in total. The monoisotopic (exact) mass is 282 g/mol. The van der Waals surface area contributed by atoms with E-state index in [0.29, 0.717) is 13.1 Å². The molecule has 5 heteroatoms. The highest BCUT2D eigenvalue weighted by Crippen LogP contribution is 2.24. The zero-order valence-electron chi connectivity index (χ0n) is 12.5. The summed E-state index contributed by atoms with van der Waals surface area (Å²) in [5.74, 6) is 0.890. The predicted molar refractivity (Wildman–Crippen MR) is 81.5 cm³/mol. The summed E-state index contributed by atoms with van der Waals surface area (Å²) in [6.45, 7) is 6.92. The Kier molecular flexibility index (Phi) is 3.33. The van der Waals surface area contributed by atoms with Gasteiger partial charge in [-0.05, 0) is 37.1 Å². The van der Waals surface area contributed by atoms with E-state index in [0.717, 1.165) is 34.0 Å². The summed E-state index contributed by atoms with van der Waals surface area (Å²) in [5, 5.41) is 0. The third-order valence-electron chi connectivity index (χ3n) is 3.87. The van der Waals surface area contributed by atoms with E-state index in [9.17, 15) is 4.79 Å². The molecule has 1 amide bonds. The summed E-state index contributed by atoms with van der Waals surface area (Å²) < 4.78 is 0. The minimum absolute atomic E-state index is 0.104. The van der Waals surface area contributed by atoms with E-state index in [1.165, 1.54) is 0 Å². The summed E-state index contributed by atoms with van der Waals surface area (Å²) in [6.07, 6.45) is 3.88. The molecule has 0 spiro atoms. The Morgan fingerprint density at radius 2 is 2.19 bits per heavy atom. The molecule has 0 unspecified atom stereocenters. The number of rotatable bonds is 2. The van der Waals surface area contributed by atoms with E-state index in [1.807, 2.05) is 30.9 Å². The van der Waals surface area contributed by atoms with Crippen molar-refractivity contribution in [2.45, 2.75) is 20.8 Å². The van der Waals surface area contributed by atoms with Gasteiger partial charge in [-0.1, -0.05) is 6.08 Å². The van der Waals surface area contributed by atoms with Gasteiger partial charge in [0.25, 0.3) is 0 Å². The smallest absolute Gasteiger partial charge is 0.220 e. The molecule has 0 aliphatic carbocycles. The number of amides is 1. The Hall–Kier alpha value is -2.43. The number of pyridine rings is 1. The number of imidazole rings is 1. The highest BCUT2D eigenvalue weighted by atomic mass is 16.2. The number of H-pyrrole nitrogens is 1. The quantitative estimate of drug-likeness (QED) is 0.919. The number of hydrogen-bond donors (Lipinski definition) is 1. The molecule has 0 radical (unpaired) electrons. The molecule has 108 valence electrons. The summed E-state index contributed by atoms with van der Waals surface area (Å²) in [4.78, 5) is 25.4. The lowest BCUT2D eigenvalue weighted by Crippen LogP contribution is -2.25. The van der Waals surface area contributed by atoms with E-state index in [1.54, 1.807) is 13.1 Å². The number of nitrogens with zero attached hydrogens (tertiary/aromatic N) is 3. The summed E-state index contributed by atoms with van der Waals surface area (Å²) in [7, 11) is 0. The first kappa shape index (κ1) is 13.5. The van der Waals surface area contributed by atoms with Gasteiger partial charge in [-0.2, -0.15) is 0 Å². The number of hydrogen-bond acceptors (Lipinski definition) is 3. The summed E-state index contributed by atoms with van der Waals surface area (Å²) in [5.41, 5.74) is 5.12. The van der Waals surface area contributed by atoms with Crippen LogP contribution in [0.2, 0.25) is 0 Å². The minimum atomic E-state index is 0.104. The molecule has 1 aliphatic heterocycles. The molecular formula is C16H18N4O. The number of aryl methyl sites for hydroxylation is 2. The maximum absolute atomic E-state index is 11.4. The van der Waals surface area contributed by atoms with Gasteiger partial charge in [0.2, 0.25) is 5.91 Å². The molecule has 3 heterocycles. The van der Waals surface area contributed by atoms with Gasteiger partial charge >= 0.3 is 0 Å². The molecule has 1 aliphatic rings. The molecule has 2 aromatic heterocycles. The van der Waals surface area contributed by atoms with E-state index in [-0.39, 0.29) is 5.91 Å². The third-order valence-corrected chi connectivity index (χ3v) is 3.87. The predicted octanol–water partition coefficient (Wildman–Crippen LogP) is 2.33. The van der Waals surface area contributed by atoms with E-state index in [2.05, 4.69) is 21.0 Å². The van der Waals surface area contributed by atoms with Gasteiger partial charge in [0.05, 0.1) is 5.69 Å². The number of aromatic amines is 1. The average molecular weight is 282 g/mol. The van der Waals surface area contributed by atoms with Crippen LogP contribution in [0.3, 0.4) is 0 Å². The number of nitrogens with one attached hydrogen (secondary N) is 1. The van der Waals surface area contributed by atoms with E-state index in [4.69, 9.17) is 0 Å². The molecule has 0 aromatic carbocycles. The second kappa shape index (κ2) is 5.16. The molecule has 2 aromatic rings. The van der Waals surface area contributed by atoms with Crippen molar-refractivity contribution in [3.05, 3.63) is 41.4 Å². The van der Waals surface area contributed by atoms with E-state index >= 15 is 0 Å². The normalized spacial score (nSPS) is 14.4. The molecule has 21 heavy (non-hydrogen) atoms. The molecule has 0 atom stereocenters. The minimum Gasteiger partial charge on any atom is -0.341 e. The highest BCUT2D eigenvalue weighted by Gasteiger charge is 2.18. The maximum atomic E-state index is 11.4. The van der Waals surface area contributed by atoms with Crippen molar-refractivity contribution in [3.63, 3.8) is 0 Å². The van der Waals surface area contributed by atoms with Crippen LogP contribution in [-0.4, -0.2) is 38.8 Å². The zero-order valence-corrected chi connectivity index (χ0v) is 12.5. The number of carbonyl (C=O) groups is 1. The van der Waals surface area contributed by atoms with Crippen molar-refractivity contribution < 1.29 is 4.79 Å². The largest absolute Gasteiger partial charge is 0.341 e. The maximum Gasteiger partial charge on any atom is 0.220 e. The van der Waals surface area contributed by atoms with Crippen LogP contribution in [0.4, 0.5) is 0 Å². The summed E-state index contributed by atoms with van der Waals surface area (Å²) >= 11 is 0. The fraction of sp³-hybridized carbons (Fsp3) is 0.312. The van der Waals surface area contributed by atoms with Crippen molar-refractivity contribution in [2.75, 3.05) is 13.1 Å². The third kappa shape index (κ3) is 2.59. The van der Waals surface area contributed by atoms with Gasteiger partial charge in [0.15, 0.2) is 5.82 Å². The van der Waals surface area contributed by atoms with Crippen molar-refractivity contribution in [3.8, 4) is 11.5 Å². The van der Waals surface area contributed by atoms with Crippen LogP contribution < -0.4 is 0 Å². The van der Waals surface area contributed by atoms with Crippen LogP contribution in [-0.2, 0) is 4.79 Å². The Bertz CT molecular complexity index is 710.